The number of likely N-dealkylation sites (N-methyl/N-ethyl adjacent to an activating group) is 1. The summed E-state index contributed by atoms with van der Waals surface area (Å²) in [5.41, 5.74) is 4.00. The van der Waals surface area contributed by atoms with Gasteiger partial charge in [-0.3, -0.25) is 4.79 Å². The van der Waals surface area contributed by atoms with Gasteiger partial charge in [-0.1, -0.05) is 6.08 Å². The number of hydrogen-bond donors (Lipinski definition) is 2. The zero-order valence-corrected chi connectivity index (χ0v) is 20.4. The molecule has 9 heteroatoms. The van der Waals surface area contributed by atoms with Gasteiger partial charge in [0, 0.05) is 34.6 Å². The summed E-state index contributed by atoms with van der Waals surface area (Å²) in [5, 5.41) is 17.0. The number of carbonyl (C=O) groups is 1. The lowest BCUT2D eigenvalue weighted by atomic mass is 10.1. The molecular weight excluding hydrogens is 448 g/mol. The molecule has 174 valence electrons. The second-order valence-electron chi connectivity index (χ2n) is 8.62. The molecule has 4 aromatic rings. The number of nitrogens with zero attached hydrogens (tertiary/aromatic N) is 4. The van der Waals surface area contributed by atoms with Crippen molar-refractivity contribution >= 4 is 50.0 Å². The topological polar surface area (TPSA) is 92.3 Å². The zero-order chi connectivity index (χ0) is 23.8. The van der Waals surface area contributed by atoms with Crippen LogP contribution in [0.4, 0.5) is 5.69 Å². The monoisotopic (exact) mass is 474 g/mol. The van der Waals surface area contributed by atoms with Crippen LogP contribution >= 0.6 is 11.3 Å². The lowest BCUT2D eigenvalue weighted by molar-refractivity contribution is 0.0949. The summed E-state index contributed by atoms with van der Waals surface area (Å²) in [5.74, 6) is 0.392. The van der Waals surface area contributed by atoms with E-state index in [1.165, 1.54) is 11.3 Å². The molecule has 1 aliphatic heterocycles. The summed E-state index contributed by atoms with van der Waals surface area (Å²) in [6.45, 7) is 3.48. The van der Waals surface area contributed by atoms with Crippen molar-refractivity contribution in [2.24, 2.45) is 0 Å². The van der Waals surface area contributed by atoms with Crippen LogP contribution in [0.1, 0.15) is 22.3 Å². The van der Waals surface area contributed by atoms with Crippen LogP contribution < -0.4 is 15.4 Å². The Labute approximate surface area is 201 Å². The van der Waals surface area contributed by atoms with Gasteiger partial charge < -0.3 is 20.3 Å². The summed E-state index contributed by atoms with van der Waals surface area (Å²) in [6.07, 6.45) is 3.98. The van der Waals surface area contributed by atoms with Crippen molar-refractivity contribution < 1.29 is 9.53 Å². The molecule has 8 nitrogen and oxygen atoms in total. The van der Waals surface area contributed by atoms with E-state index >= 15 is 0 Å². The van der Waals surface area contributed by atoms with Crippen LogP contribution in [0.5, 0.6) is 5.88 Å². The molecule has 0 bridgehead atoms. The van der Waals surface area contributed by atoms with Crippen LogP contribution in [-0.4, -0.2) is 66.3 Å². The fourth-order valence-electron chi connectivity index (χ4n) is 4.07. The molecule has 34 heavy (non-hydrogen) atoms. The van der Waals surface area contributed by atoms with Gasteiger partial charge in [-0.15, -0.1) is 21.5 Å². The first-order valence-electron chi connectivity index (χ1n) is 11.1. The molecule has 1 aromatic carbocycles. The number of hydrogen-bond acceptors (Lipinski definition) is 8. The molecular formula is C25H26N6O2S. The Balaban J connectivity index is 1.61. The molecule has 0 aliphatic carbocycles. The van der Waals surface area contributed by atoms with Crippen molar-refractivity contribution in [3.05, 3.63) is 47.0 Å². The van der Waals surface area contributed by atoms with E-state index < -0.39 is 0 Å². The third kappa shape index (κ3) is 4.08. The Kier molecular flexibility index (Phi) is 5.89. The van der Waals surface area contributed by atoms with Gasteiger partial charge in [0.25, 0.3) is 5.91 Å². The number of rotatable bonds is 5. The summed E-state index contributed by atoms with van der Waals surface area (Å²) >= 11 is 1.50. The van der Waals surface area contributed by atoms with Gasteiger partial charge in [-0.2, -0.15) is 0 Å². The highest BCUT2D eigenvalue weighted by molar-refractivity contribution is 7.21. The summed E-state index contributed by atoms with van der Waals surface area (Å²) < 4.78 is 6.53. The second kappa shape index (κ2) is 9.00. The van der Waals surface area contributed by atoms with E-state index in [1.807, 2.05) is 57.4 Å². The molecule has 2 N–H and O–H groups in total. The highest BCUT2D eigenvalue weighted by Crippen LogP contribution is 2.41. The summed E-state index contributed by atoms with van der Waals surface area (Å²) in [6, 6.07) is 10.1. The Hall–Kier alpha value is -3.56. The van der Waals surface area contributed by atoms with Gasteiger partial charge in [-0.05, 0) is 57.4 Å². The zero-order valence-electron chi connectivity index (χ0n) is 19.5. The van der Waals surface area contributed by atoms with E-state index in [0.717, 1.165) is 50.2 Å². The fraction of sp³-hybridized carbons (Fsp3) is 0.280. The van der Waals surface area contributed by atoms with Gasteiger partial charge in [0.2, 0.25) is 5.88 Å². The molecule has 0 spiro atoms. The van der Waals surface area contributed by atoms with Crippen LogP contribution in [0.25, 0.3) is 38.3 Å². The highest BCUT2D eigenvalue weighted by Gasteiger charge is 2.25. The van der Waals surface area contributed by atoms with Crippen molar-refractivity contribution in [2.75, 3.05) is 39.6 Å². The smallest absolute Gasteiger partial charge is 0.263 e. The van der Waals surface area contributed by atoms with Crippen molar-refractivity contribution in [2.45, 2.75) is 13.0 Å². The number of benzene rings is 1. The van der Waals surface area contributed by atoms with Gasteiger partial charge >= 0.3 is 0 Å². The largest absolute Gasteiger partial charge is 0.479 e. The molecule has 5 rings (SSSR count). The molecule has 0 unspecified atom stereocenters. The van der Waals surface area contributed by atoms with Gasteiger partial charge in [0.15, 0.2) is 0 Å². The van der Waals surface area contributed by atoms with E-state index in [1.54, 1.807) is 7.11 Å². The van der Waals surface area contributed by atoms with Crippen LogP contribution in [0.15, 0.2) is 36.4 Å². The third-order valence-corrected chi connectivity index (χ3v) is 6.85. The maximum atomic E-state index is 12.7. The number of pyridine rings is 1. The van der Waals surface area contributed by atoms with E-state index in [4.69, 9.17) is 9.72 Å². The number of nitrogens with one attached hydrogen (secondary N) is 2. The van der Waals surface area contributed by atoms with E-state index in [0.29, 0.717) is 17.3 Å². The molecule has 0 fully saturated rings. The SMILES string of the molecule is COc1nnc(/C=C/CN(C)C)cc1-c1ccc2c(ccc3sc4c(c32)NC[C@@H](C)NC4=O)n1. The number of fused-ring (bicyclic) bond motifs is 5. The number of anilines is 1. The van der Waals surface area contributed by atoms with Crippen molar-refractivity contribution in [3.8, 4) is 17.1 Å². The molecule has 0 saturated heterocycles. The normalized spacial score (nSPS) is 16.0. The van der Waals surface area contributed by atoms with Crippen LogP contribution in [0.3, 0.4) is 0 Å². The molecule has 3 aromatic heterocycles. The number of thiophene rings is 1. The fourth-order valence-corrected chi connectivity index (χ4v) is 5.17. The Morgan fingerprint density at radius 2 is 2.09 bits per heavy atom. The van der Waals surface area contributed by atoms with E-state index in [-0.39, 0.29) is 11.9 Å². The third-order valence-electron chi connectivity index (χ3n) is 5.70. The number of carbonyl (C=O) groups excluding carboxylic acids is 1. The van der Waals surface area contributed by atoms with Gasteiger partial charge in [-0.25, -0.2) is 4.98 Å². The van der Waals surface area contributed by atoms with Crippen molar-refractivity contribution in [1.82, 2.24) is 25.4 Å². The van der Waals surface area contributed by atoms with Crippen LogP contribution in [-0.2, 0) is 0 Å². The molecule has 1 aliphatic rings. The molecule has 4 heterocycles. The average molecular weight is 475 g/mol. The highest BCUT2D eigenvalue weighted by atomic mass is 32.1. The predicted molar refractivity (Wildman–Crippen MR) is 138 cm³/mol. The first-order valence-corrected chi connectivity index (χ1v) is 11.9. The molecule has 1 atom stereocenters. The Bertz CT molecular complexity index is 1430. The van der Waals surface area contributed by atoms with E-state index in [2.05, 4.69) is 31.8 Å². The van der Waals surface area contributed by atoms with Crippen LogP contribution in [0, 0.1) is 0 Å². The van der Waals surface area contributed by atoms with Gasteiger partial charge in [0.1, 0.15) is 4.88 Å². The standard InChI is InChI=1S/C25H26N6O2S/c1-14-13-26-22-21-16-7-8-19(28-18(16)9-10-20(21)34-23(22)24(32)27-14)17-12-15(6-5-11-31(2)3)29-30-25(17)33-4/h5-10,12,14,26H,11,13H2,1-4H3,(H,27,32)/b6-5+/t14-/m1/s1. The Morgan fingerprint density at radius 3 is 2.88 bits per heavy atom. The molecule has 0 saturated carbocycles. The van der Waals surface area contributed by atoms with Crippen molar-refractivity contribution in [3.63, 3.8) is 0 Å². The second-order valence-corrected chi connectivity index (χ2v) is 9.67. The maximum absolute atomic E-state index is 12.7. The summed E-state index contributed by atoms with van der Waals surface area (Å²) in [7, 11) is 5.61. The van der Waals surface area contributed by atoms with E-state index in [9.17, 15) is 4.79 Å². The number of amides is 1. The maximum Gasteiger partial charge on any atom is 0.263 e. The first kappa shape index (κ1) is 22.2. The van der Waals surface area contributed by atoms with Crippen molar-refractivity contribution in [1.29, 1.82) is 0 Å². The average Bonchev–Trinajstić information content (AvgIpc) is 3.15. The minimum atomic E-state index is -0.0334. The minimum Gasteiger partial charge on any atom is -0.479 e. The summed E-state index contributed by atoms with van der Waals surface area (Å²) in [4.78, 5) is 20.4. The number of ether oxygens (including phenoxy) is 1. The number of methoxy groups -OCH3 is 1. The lowest BCUT2D eigenvalue weighted by Crippen LogP contribution is -2.34. The van der Waals surface area contributed by atoms with Crippen LogP contribution in [0.2, 0.25) is 0 Å². The first-order chi connectivity index (χ1) is 16.4. The molecule has 0 radical (unpaired) electrons. The van der Waals surface area contributed by atoms with Gasteiger partial charge in [0.05, 0.1) is 35.3 Å². The molecule has 1 amide bonds. The predicted octanol–water partition coefficient (Wildman–Crippen LogP) is 4.03. The Morgan fingerprint density at radius 1 is 1.24 bits per heavy atom. The lowest BCUT2D eigenvalue weighted by Gasteiger charge is -2.11. The number of aromatic nitrogens is 3. The quantitative estimate of drug-likeness (QED) is 0.451. The minimum absolute atomic E-state index is 0.0334.